The second-order valence-corrected chi connectivity index (χ2v) is 7.39. The summed E-state index contributed by atoms with van der Waals surface area (Å²) in [6, 6.07) is 5.01. The van der Waals surface area contributed by atoms with E-state index in [0.29, 0.717) is 0 Å². The van der Waals surface area contributed by atoms with Gasteiger partial charge >= 0.3 is 18.0 Å². The summed E-state index contributed by atoms with van der Waals surface area (Å²) in [5.41, 5.74) is 0.755. The van der Waals surface area contributed by atoms with Gasteiger partial charge in [-0.15, -0.1) is 0 Å². The molecule has 11 nitrogen and oxygen atoms in total. The minimum Gasteiger partial charge on any atom is -0.481 e. The van der Waals surface area contributed by atoms with Crippen molar-refractivity contribution in [1.82, 2.24) is 16.0 Å². The second kappa shape index (κ2) is 13.7. The van der Waals surface area contributed by atoms with Crippen LogP contribution in [0.15, 0.2) is 30.3 Å². The van der Waals surface area contributed by atoms with Crippen molar-refractivity contribution in [2.45, 2.75) is 51.9 Å². The quantitative estimate of drug-likeness (QED) is 0.328. The van der Waals surface area contributed by atoms with Gasteiger partial charge in [0.1, 0.15) is 24.7 Å². The molecule has 33 heavy (non-hydrogen) atoms. The van der Waals surface area contributed by atoms with E-state index < -0.39 is 61.3 Å². The van der Waals surface area contributed by atoms with Gasteiger partial charge in [0.2, 0.25) is 18.7 Å². The van der Waals surface area contributed by atoms with Crippen LogP contribution in [0.3, 0.4) is 0 Å². The maximum atomic E-state index is 12.6. The largest absolute Gasteiger partial charge is 0.481 e. The lowest BCUT2D eigenvalue weighted by Gasteiger charge is -2.24. The number of benzene rings is 1. The normalized spacial score (nSPS) is 13.2. The first-order chi connectivity index (χ1) is 15.5. The number of amides is 3. The van der Waals surface area contributed by atoms with Crippen molar-refractivity contribution in [1.29, 1.82) is 0 Å². The maximum Gasteiger partial charge on any atom is 0.408 e. The standard InChI is InChI=1S/C21H28FN3O8/c1-12(2)17(25-21(31)32-10-14-7-5-4-6-8-14)19(29)23-13(3)18(28)24-15(9-16(26)27)20(30)33-11-22/h4-8,12-13,15,17H,9-11H2,1-3H3,(H,23,29)(H,24,28)(H,25,31)(H,26,27)/t13-,15-,17-/m0/s1. The van der Waals surface area contributed by atoms with Crippen molar-refractivity contribution in [2.75, 3.05) is 6.86 Å². The number of hydrogen-bond donors (Lipinski definition) is 4. The molecule has 0 bridgehead atoms. The van der Waals surface area contributed by atoms with Crippen LogP contribution in [0.25, 0.3) is 0 Å². The Balaban J connectivity index is 2.68. The van der Waals surface area contributed by atoms with Gasteiger partial charge < -0.3 is 30.5 Å². The van der Waals surface area contributed by atoms with Crippen LogP contribution in [0.5, 0.6) is 0 Å². The van der Waals surface area contributed by atoms with Crippen molar-refractivity contribution in [3.8, 4) is 0 Å². The van der Waals surface area contributed by atoms with E-state index in [9.17, 15) is 28.4 Å². The zero-order valence-electron chi connectivity index (χ0n) is 18.5. The van der Waals surface area contributed by atoms with Crippen molar-refractivity contribution >= 4 is 29.8 Å². The van der Waals surface area contributed by atoms with E-state index in [1.165, 1.54) is 6.92 Å². The molecule has 0 radical (unpaired) electrons. The Morgan fingerprint density at radius 3 is 2.12 bits per heavy atom. The average Bonchev–Trinajstić information content (AvgIpc) is 2.75. The van der Waals surface area contributed by atoms with Crippen LogP contribution in [0.4, 0.5) is 9.18 Å². The van der Waals surface area contributed by atoms with Crippen LogP contribution in [0.1, 0.15) is 32.8 Å². The maximum absolute atomic E-state index is 12.6. The van der Waals surface area contributed by atoms with Crippen molar-refractivity contribution in [2.24, 2.45) is 5.92 Å². The molecular formula is C21H28FN3O8. The van der Waals surface area contributed by atoms with Gasteiger partial charge in [0.25, 0.3) is 0 Å². The highest BCUT2D eigenvalue weighted by atomic mass is 19.1. The molecule has 4 N–H and O–H groups in total. The molecule has 0 fully saturated rings. The van der Waals surface area contributed by atoms with Gasteiger partial charge in [-0.1, -0.05) is 44.2 Å². The number of alkyl carbamates (subject to hydrolysis) is 1. The lowest BCUT2D eigenvalue weighted by Crippen LogP contribution is -2.56. The fraction of sp³-hybridized carbons (Fsp3) is 0.476. The topological polar surface area (TPSA) is 160 Å². The molecule has 0 saturated heterocycles. The van der Waals surface area contributed by atoms with Gasteiger partial charge in [0.05, 0.1) is 6.42 Å². The van der Waals surface area contributed by atoms with Crippen LogP contribution in [-0.4, -0.2) is 59.9 Å². The fourth-order valence-electron chi connectivity index (χ4n) is 2.61. The van der Waals surface area contributed by atoms with Crippen LogP contribution >= 0.6 is 0 Å². The summed E-state index contributed by atoms with van der Waals surface area (Å²) in [4.78, 5) is 59.6. The van der Waals surface area contributed by atoms with E-state index in [2.05, 4.69) is 20.7 Å². The Kier molecular flexibility index (Phi) is 11.3. The SMILES string of the molecule is CC(C)[C@H](NC(=O)OCc1ccccc1)C(=O)N[C@@H](C)C(=O)N[C@@H](CC(=O)O)C(=O)OCF. The first-order valence-corrected chi connectivity index (χ1v) is 10.1. The number of rotatable bonds is 12. The molecule has 1 aromatic carbocycles. The minimum atomic E-state index is -1.64. The molecule has 0 aliphatic rings. The van der Waals surface area contributed by atoms with Crippen molar-refractivity contribution < 1.29 is 42.9 Å². The number of alkyl halides is 1. The Morgan fingerprint density at radius 1 is 0.939 bits per heavy atom. The van der Waals surface area contributed by atoms with Crippen molar-refractivity contribution in [3.05, 3.63) is 35.9 Å². The number of nitrogens with one attached hydrogen (secondary N) is 3. The Labute approximate surface area is 190 Å². The van der Waals surface area contributed by atoms with E-state index >= 15 is 0 Å². The number of aliphatic carboxylic acids is 1. The molecule has 0 aliphatic carbocycles. The predicted molar refractivity (Wildman–Crippen MR) is 112 cm³/mol. The summed E-state index contributed by atoms with van der Waals surface area (Å²) in [5, 5.41) is 15.8. The zero-order chi connectivity index (χ0) is 25.0. The third kappa shape index (κ3) is 9.97. The Morgan fingerprint density at radius 2 is 1.58 bits per heavy atom. The van der Waals surface area contributed by atoms with Crippen LogP contribution < -0.4 is 16.0 Å². The predicted octanol–water partition coefficient (Wildman–Crippen LogP) is 0.872. The van der Waals surface area contributed by atoms with Gasteiger partial charge in [-0.25, -0.2) is 14.0 Å². The summed E-state index contributed by atoms with van der Waals surface area (Å²) >= 11 is 0. The third-order valence-corrected chi connectivity index (χ3v) is 4.36. The first-order valence-electron chi connectivity index (χ1n) is 10.1. The summed E-state index contributed by atoms with van der Waals surface area (Å²) in [6.45, 7) is 3.14. The highest BCUT2D eigenvalue weighted by Gasteiger charge is 2.30. The smallest absolute Gasteiger partial charge is 0.408 e. The van der Waals surface area contributed by atoms with Gasteiger partial charge in [-0.05, 0) is 18.4 Å². The number of halogens is 1. The lowest BCUT2D eigenvalue weighted by molar-refractivity contribution is -0.155. The summed E-state index contributed by atoms with van der Waals surface area (Å²) in [5.74, 6) is -4.67. The summed E-state index contributed by atoms with van der Waals surface area (Å²) in [6.07, 6.45) is -1.67. The summed E-state index contributed by atoms with van der Waals surface area (Å²) < 4.78 is 21.4. The highest BCUT2D eigenvalue weighted by Crippen LogP contribution is 2.06. The Hall–Kier alpha value is -3.70. The van der Waals surface area contributed by atoms with E-state index in [-0.39, 0.29) is 12.5 Å². The van der Waals surface area contributed by atoms with Gasteiger partial charge in [-0.2, -0.15) is 0 Å². The molecule has 0 aromatic heterocycles. The molecule has 12 heteroatoms. The molecule has 0 unspecified atom stereocenters. The highest BCUT2D eigenvalue weighted by molar-refractivity contribution is 5.93. The lowest BCUT2D eigenvalue weighted by atomic mass is 10.0. The van der Waals surface area contributed by atoms with E-state index in [1.54, 1.807) is 38.1 Å². The molecule has 0 saturated carbocycles. The molecule has 182 valence electrons. The third-order valence-electron chi connectivity index (χ3n) is 4.36. The molecule has 3 atom stereocenters. The number of carbonyl (C=O) groups excluding carboxylic acids is 4. The number of esters is 1. The summed E-state index contributed by atoms with van der Waals surface area (Å²) in [7, 11) is 0. The minimum absolute atomic E-state index is 0.00212. The van der Waals surface area contributed by atoms with Gasteiger partial charge in [-0.3, -0.25) is 14.4 Å². The number of carboxylic acid groups (broad SMARTS) is 1. The molecule has 0 heterocycles. The van der Waals surface area contributed by atoms with Crippen LogP contribution in [-0.2, 0) is 35.3 Å². The van der Waals surface area contributed by atoms with Crippen molar-refractivity contribution in [3.63, 3.8) is 0 Å². The molecule has 3 amide bonds. The van der Waals surface area contributed by atoms with E-state index in [1.807, 2.05) is 6.07 Å². The molecule has 1 rings (SSSR count). The average molecular weight is 469 g/mol. The number of carbonyl (C=O) groups is 5. The Bertz CT molecular complexity index is 834. The molecule has 0 aliphatic heterocycles. The molecule has 0 spiro atoms. The first kappa shape index (κ1) is 27.3. The number of hydrogen-bond acceptors (Lipinski definition) is 7. The van der Waals surface area contributed by atoms with Gasteiger partial charge in [0.15, 0.2) is 0 Å². The van der Waals surface area contributed by atoms with E-state index in [0.717, 1.165) is 5.56 Å². The van der Waals surface area contributed by atoms with Gasteiger partial charge in [0, 0.05) is 0 Å². The zero-order valence-corrected chi connectivity index (χ0v) is 18.5. The van der Waals surface area contributed by atoms with Crippen LogP contribution in [0.2, 0.25) is 0 Å². The number of ether oxygens (including phenoxy) is 2. The fourth-order valence-corrected chi connectivity index (χ4v) is 2.61. The molecular weight excluding hydrogens is 441 g/mol. The van der Waals surface area contributed by atoms with Crippen LogP contribution in [0, 0.1) is 5.92 Å². The number of carboxylic acids is 1. The second-order valence-electron chi connectivity index (χ2n) is 7.39. The monoisotopic (exact) mass is 469 g/mol. The molecule has 1 aromatic rings. The van der Waals surface area contributed by atoms with E-state index in [4.69, 9.17) is 9.84 Å².